The minimum absolute atomic E-state index is 0.00547. The van der Waals surface area contributed by atoms with E-state index >= 15 is 0 Å². The van der Waals surface area contributed by atoms with Crippen LogP contribution in [0.4, 0.5) is 0 Å². The summed E-state index contributed by atoms with van der Waals surface area (Å²) in [5.74, 6) is 0.216. The van der Waals surface area contributed by atoms with Crippen molar-refractivity contribution in [2.45, 2.75) is 39.7 Å². The van der Waals surface area contributed by atoms with Crippen molar-refractivity contribution in [3.8, 4) is 0 Å². The molecule has 1 amide bonds. The van der Waals surface area contributed by atoms with Gasteiger partial charge in [-0.3, -0.25) is 4.79 Å². The highest BCUT2D eigenvalue weighted by Gasteiger charge is 2.33. The monoisotopic (exact) mass is 228 g/mol. The maximum Gasteiger partial charge on any atom is 0.239 e. The van der Waals surface area contributed by atoms with E-state index in [1.54, 1.807) is 0 Å². The molecule has 2 N–H and O–H groups in total. The SMILES string of the molecule is CCNC1CCN(CC(C)(C)CCO)C1=O. The van der Waals surface area contributed by atoms with Gasteiger partial charge < -0.3 is 15.3 Å². The first-order chi connectivity index (χ1) is 7.50. The van der Waals surface area contributed by atoms with Crippen LogP contribution in [0.2, 0.25) is 0 Å². The molecule has 94 valence electrons. The minimum atomic E-state index is 0.00547. The van der Waals surface area contributed by atoms with Crippen molar-refractivity contribution in [3.05, 3.63) is 0 Å². The summed E-state index contributed by atoms with van der Waals surface area (Å²) in [6, 6.07) is 0.00919. The summed E-state index contributed by atoms with van der Waals surface area (Å²) in [4.78, 5) is 13.9. The van der Waals surface area contributed by atoms with Crippen LogP contribution in [0.3, 0.4) is 0 Å². The average Bonchev–Trinajstić information content (AvgIpc) is 2.50. The van der Waals surface area contributed by atoms with Crippen LogP contribution < -0.4 is 5.32 Å². The lowest BCUT2D eigenvalue weighted by molar-refractivity contribution is -0.130. The van der Waals surface area contributed by atoms with Gasteiger partial charge in [0.05, 0.1) is 6.04 Å². The number of carbonyl (C=O) groups is 1. The molecule has 0 bridgehead atoms. The van der Waals surface area contributed by atoms with E-state index in [9.17, 15) is 4.79 Å². The van der Waals surface area contributed by atoms with Crippen LogP contribution in [0.5, 0.6) is 0 Å². The van der Waals surface area contributed by atoms with Crippen LogP contribution in [0.1, 0.15) is 33.6 Å². The standard InChI is InChI=1S/C12H24N2O2/c1-4-13-10-5-7-14(11(10)16)9-12(2,3)6-8-15/h10,13,15H,4-9H2,1-3H3. The van der Waals surface area contributed by atoms with Gasteiger partial charge in [-0.15, -0.1) is 0 Å². The second-order valence-electron chi connectivity index (χ2n) is 5.30. The fourth-order valence-electron chi connectivity index (χ4n) is 2.23. The number of amides is 1. The molecule has 4 heteroatoms. The smallest absolute Gasteiger partial charge is 0.239 e. The third kappa shape index (κ3) is 3.46. The van der Waals surface area contributed by atoms with E-state index in [2.05, 4.69) is 19.2 Å². The van der Waals surface area contributed by atoms with Gasteiger partial charge in [0.2, 0.25) is 5.91 Å². The molecule has 0 saturated carbocycles. The van der Waals surface area contributed by atoms with Crippen LogP contribution in [0.25, 0.3) is 0 Å². The molecule has 1 unspecified atom stereocenters. The lowest BCUT2D eigenvalue weighted by atomic mass is 9.89. The molecule has 1 aliphatic rings. The quantitative estimate of drug-likeness (QED) is 0.700. The van der Waals surface area contributed by atoms with Gasteiger partial charge in [-0.05, 0) is 24.8 Å². The highest BCUT2D eigenvalue weighted by Crippen LogP contribution is 2.24. The van der Waals surface area contributed by atoms with Crippen LogP contribution in [0, 0.1) is 5.41 Å². The van der Waals surface area contributed by atoms with Gasteiger partial charge in [0, 0.05) is 19.7 Å². The number of hydrogen-bond donors (Lipinski definition) is 2. The summed E-state index contributed by atoms with van der Waals surface area (Å²) in [6.45, 7) is 8.81. The van der Waals surface area contributed by atoms with Crippen LogP contribution in [-0.2, 0) is 4.79 Å². The normalized spacial score (nSPS) is 21.9. The summed E-state index contributed by atoms with van der Waals surface area (Å²) in [5, 5.41) is 12.2. The van der Waals surface area contributed by atoms with Crippen molar-refractivity contribution in [2.24, 2.45) is 5.41 Å². The third-order valence-corrected chi connectivity index (χ3v) is 3.16. The van der Waals surface area contributed by atoms with Crippen molar-refractivity contribution in [3.63, 3.8) is 0 Å². The molecule has 1 aliphatic heterocycles. The lowest BCUT2D eigenvalue weighted by Crippen LogP contribution is -2.41. The van der Waals surface area contributed by atoms with Gasteiger partial charge in [0.1, 0.15) is 0 Å². The number of likely N-dealkylation sites (N-methyl/N-ethyl adjacent to an activating group) is 1. The van der Waals surface area contributed by atoms with Gasteiger partial charge in [-0.25, -0.2) is 0 Å². The third-order valence-electron chi connectivity index (χ3n) is 3.16. The van der Waals surface area contributed by atoms with Crippen LogP contribution in [0.15, 0.2) is 0 Å². The Bertz CT molecular complexity index is 241. The molecular weight excluding hydrogens is 204 g/mol. The molecule has 0 aliphatic carbocycles. The van der Waals surface area contributed by atoms with E-state index in [0.29, 0.717) is 0 Å². The molecule has 1 heterocycles. The van der Waals surface area contributed by atoms with Crippen molar-refractivity contribution >= 4 is 5.91 Å². The molecule has 1 rings (SSSR count). The Morgan fingerprint density at radius 3 is 2.81 bits per heavy atom. The molecule has 1 atom stereocenters. The van der Waals surface area contributed by atoms with E-state index < -0.39 is 0 Å². The van der Waals surface area contributed by atoms with Crippen LogP contribution in [-0.4, -0.2) is 48.2 Å². The van der Waals surface area contributed by atoms with E-state index in [0.717, 1.165) is 32.5 Å². The predicted molar refractivity (Wildman–Crippen MR) is 64.1 cm³/mol. The maximum atomic E-state index is 12.0. The summed E-state index contributed by atoms with van der Waals surface area (Å²) >= 11 is 0. The first kappa shape index (κ1) is 13.5. The molecule has 0 aromatic carbocycles. The summed E-state index contributed by atoms with van der Waals surface area (Å²) in [5.41, 5.74) is 0.00547. The topological polar surface area (TPSA) is 52.6 Å². The Balaban J connectivity index is 2.48. The number of aliphatic hydroxyl groups excluding tert-OH is 1. The zero-order valence-electron chi connectivity index (χ0n) is 10.6. The first-order valence-electron chi connectivity index (χ1n) is 6.13. The highest BCUT2D eigenvalue weighted by atomic mass is 16.3. The summed E-state index contributed by atoms with van der Waals surface area (Å²) < 4.78 is 0. The predicted octanol–water partition coefficient (Wildman–Crippen LogP) is 0.605. The minimum Gasteiger partial charge on any atom is -0.396 e. The van der Waals surface area contributed by atoms with Crippen molar-refractivity contribution in [1.82, 2.24) is 10.2 Å². The van der Waals surface area contributed by atoms with Crippen molar-refractivity contribution in [2.75, 3.05) is 26.2 Å². The van der Waals surface area contributed by atoms with E-state index in [-0.39, 0.29) is 24.0 Å². The fraction of sp³-hybridized carbons (Fsp3) is 0.917. The van der Waals surface area contributed by atoms with E-state index in [1.807, 2.05) is 11.8 Å². The average molecular weight is 228 g/mol. The van der Waals surface area contributed by atoms with Crippen LogP contribution >= 0.6 is 0 Å². The number of nitrogens with zero attached hydrogens (tertiary/aromatic N) is 1. The molecule has 0 radical (unpaired) electrons. The van der Waals surface area contributed by atoms with Gasteiger partial charge in [0.25, 0.3) is 0 Å². The van der Waals surface area contributed by atoms with Gasteiger partial charge in [-0.1, -0.05) is 20.8 Å². The summed E-state index contributed by atoms with van der Waals surface area (Å²) in [6.07, 6.45) is 1.64. The number of hydrogen-bond acceptors (Lipinski definition) is 3. The molecule has 1 saturated heterocycles. The lowest BCUT2D eigenvalue weighted by Gasteiger charge is -2.29. The zero-order chi connectivity index (χ0) is 12.2. The van der Waals surface area contributed by atoms with Gasteiger partial charge in [-0.2, -0.15) is 0 Å². The first-order valence-corrected chi connectivity index (χ1v) is 6.13. The highest BCUT2D eigenvalue weighted by molar-refractivity contribution is 5.84. The molecule has 0 aromatic heterocycles. The van der Waals surface area contributed by atoms with Gasteiger partial charge in [0.15, 0.2) is 0 Å². The van der Waals surface area contributed by atoms with Gasteiger partial charge >= 0.3 is 0 Å². The zero-order valence-corrected chi connectivity index (χ0v) is 10.6. The Kier molecular flexibility index (Phi) is 4.74. The number of rotatable bonds is 6. The Morgan fingerprint density at radius 2 is 2.25 bits per heavy atom. The second kappa shape index (κ2) is 5.64. The van der Waals surface area contributed by atoms with Crippen molar-refractivity contribution < 1.29 is 9.90 Å². The fourth-order valence-corrected chi connectivity index (χ4v) is 2.23. The number of carbonyl (C=O) groups excluding carboxylic acids is 1. The Labute approximate surface area is 98.0 Å². The molecule has 1 fully saturated rings. The van der Waals surface area contributed by atoms with E-state index in [1.165, 1.54) is 0 Å². The largest absolute Gasteiger partial charge is 0.396 e. The van der Waals surface area contributed by atoms with Crippen molar-refractivity contribution in [1.29, 1.82) is 0 Å². The second-order valence-corrected chi connectivity index (χ2v) is 5.30. The molecule has 0 spiro atoms. The number of nitrogens with one attached hydrogen (secondary N) is 1. The number of aliphatic hydroxyl groups is 1. The molecule has 16 heavy (non-hydrogen) atoms. The molecular formula is C12H24N2O2. The molecule has 0 aromatic rings. The Morgan fingerprint density at radius 1 is 1.56 bits per heavy atom. The number of likely N-dealkylation sites (tertiary alicyclic amines) is 1. The van der Waals surface area contributed by atoms with E-state index in [4.69, 9.17) is 5.11 Å². The summed E-state index contributed by atoms with van der Waals surface area (Å²) in [7, 11) is 0. The molecule has 4 nitrogen and oxygen atoms in total. The maximum absolute atomic E-state index is 12.0. The Hall–Kier alpha value is -0.610.